The number of ether oxygens (including phenoxy) is 1. The summed E-state index contributed by atoms with van der Waals surface area (Å²) in [7, 11) is 0. The molecule has 1 aromatic heterocycles. The maximum absolute atomic E-state index is 11.5. The Kier molecular flexibility index (Phi) is 6.12. The molecule has 4 nitrogen and oxygen atoms in total. The minimum atomic E-state index is -0.940. The van der Waals surface area contributed by atoms with Crippen molar-refractivity contribution < 1.29 is 14.6 Å². The monoisotopic (exact) mass is 373 g/mol. The molecule has 1 N–H and O–H groups in total. The molecule has 3 aromatic carbocycles. The zero-order valence-electron chi connectivity index (χ0n) is 16.0. The highest BCUT2D eigenvalue weighted by Gasteiger charge is 2.12. The van der Waals surface area contributed by atoms with Gasteiger partial charge in [-0.25, -0.2) is 4.79 Å². The molecule has 28 heavy (non-hydrogen) atoms. The summed E-state index contributed by atoms with van der Waals surface area (Å²) in [6.45, 7) is 4.51. The van der Waals surface area contributed by atoms with Gasteiger partial charge < -0.3 is 14.4 Å². The van der Waals surface area contributed by atoms with Crippen molar-refractivity contribution in [3.63, 3.8) is 0 Å². The van der Waals surface area contributed by atoms with Crippen molar-refractivity contribution in [2.45, 2.75) is 20.5 Å². The van der Waals surface area contributed by atoms with E-state index in [1.54, 1.807) is 12.1 Å². The average Bonchev–Trinajstić information content (AvgIpc) is 3.17. The van der Waals surface area contributed by atoms with Crippen LogP contribution in [0.2, 0.25) is 0 Å². The first kappa shape index (κ1) is 19.2. The number of aromatic carboxylic acids is 1. The summed E-state index contributed by atoms with van der Waals surface area (Å²) >= 11 is 0. The summed E-state index contributed by atoms with van der Waals surface area (Å²) in [5.41, 5.74) is 2.97. The van der Waals surface area contributed by atoms with Crippen LogP contribution in [0, 0.1) is 0 Å². The van der Waals surface area contributed by atoms with Crippen LogP contribution in [0.4, 0.5) is 0 Å². The number of para-hydroxylation sites is 1. The Labute approximate surface area is 164 Å². The highest BCUT2D eigenvalue weighted by Crippen LogP contribution is 2.26. The zero-order chi connectivity index (χ0) is 19.9. The van der Waals surface area contributed by atoms with E-state index < -0.39 is 5.97 Å². The van der Waals surface area contributed by atoms with E-state index in [0.29, 0.717) is 12.3 Å². The lowest BCUT2D eigenvalue weighted by Gasteiger charge is -2.10. The summed E-state index contributed by atoms with van der Waals surface area (Å²) in [6, 6.07) is 24.8. The van der Waals surface area contributed by atoms with Gasteiger partial charge in [0.05, 0.1) is 16.8 Å². The molecule has 0 bridgehead atoms. The number of benzene rings is 3. The Morgan fingerprint density at radius 2 is 1.64 bits per heavy atom. The molecule has 0 atom stereocenters. The van der Waals surface area contributed by atoms with Gasteiger partial charge in [-0.3, -0.25) is 0 Å². The maximum Gasteiger partial charge on any atom is 0.337 e. The Morgan fingerprint density at radius 3 is 2.39 bits per heavy atom. The molecule has 0 radical (unpaired) electrons. The van der Waals surface area contributed by atoms with E-state index in [0.717, 1.165) is 22.2 Å². The Morgan fingerprint density at radius 1 is 0.929 bits per heavy atom. The molecule has 4 rings (SSSR count). The molecule has 4 heteroatoms. The van der Waals surface area contributed by atoms with Gasteiger partial charge in [-0.2, -0.15) is 0 Å². The smallest absolute Gasteiger partial charge is 0.337 e. The predicted octanol–water partition coefficient (Wildman–Crippen LogP) is 5.93. The van der Waals surface area contributed by atoms with Gasteiger partial charge in [-0.05, 0) is 42.0 Å². The molecule has 0 aliphatic heterocycles. The van der Waals surface area contributed by atoms with Crippen LogP contribution < -0.4 is 4.74 Å². The van der Waals surface area contributed by atoms with Crippen molar-refractivity contribution in [2.24, 2.45) is 0 Å². The summed E-state index contributed by atoms with van der Waals surface area (Å²) in [4.78, 5) is 11.5. The molecular weight excluding hydrogens is 350 g/mol. The van der Waals surface area contributed by atoms with Gasteiger partial charge in [-0.1, -0.05) is 56.3 Å². The highest BCUT2D eigenvalue weighted by atomic mass is 16.5. The SMILES string of the molecule is CC.O=C(O)c1ccccc1-n1ccc2cc(OCc3ccccc3)ccc21. The van der Waals surface area contributed by atoms with Gasteiger partial charge in [0, 0.05) is 11.6 Å². The quantitative estimate of drug-likeness (QED) is 0.471. The Balaban J connectivity index is 0.00000109. The molecule has 0 saturated carbocycles. The van der Waals surface area contributed by atoms with Gasteiger partial charge in [0.25, 0.3) is 0 Å². The van der Waals surface area contributed by atoms with E-state index >= 15 is 0 Å². The van der Waals surface area contributed by atoms with E-state index in [2.05, 4.69) is 0 Å². The molecule has 4 aromatic rings. The van der Waals surface area contributed by atoms with Crippen molar-refractivity contribution >= 4 is 16.9 Å². The maximum atomic E-state index is 11.5. The minimum absolute atomic E-state index is 0.273. The summed E-state index contributed by atoms with van der Waals surface area (Å²) in [5.74, 6) is -0.157. The molecule has 142 valence electrons. The Bertz CT molecular complexity index is 1070. The summed E-state index contributed by atoms with van der Waals surface area (Å²) < 4.78 is 7.76. The first-order valence-electron chi connectivity index (χ1n) is 9.33. The summed E-state index contributed by atoms with van der Waals surface area (Å²) in [5, 5.41) is 10.4. The van der Waals surface area contributed by atoms with Crippen LogP contribution in [0.5, 0.6) is 5.75 Å². The fourth-order valence-corrected chi connectivity index (χ4v) is 3.03. The molecule has 0 fully saturated rings. The Hall–Kier alpha value is -3.53. The number of hydrogen-bond acceptors (Lipinski definition) is 2. The van der Waals surface area contributed by atoms with E-state index in [4.69, 9.17) is 4.74 Å². The summed E-state index contributed by atoms with van der Waals surface area (Å²) in [6.07, 6.45) is 1.88. The lowest BCUT2D eigenvalue weighted by Crippen LogP contribution is -2.04. The topological polar surface area (TPSA) is 51.5 Å². The number of aromatic nitrogens is 1. The molecule has 1 heterocycles. The van der Waals surface area contributed by atoms with Crippen molar-refractivity contribution in [1.29, 1.82) is 0 Å². The van der Waals surface area contributed by atoms with Crippen LogP contribution in [-0.2, 0) is 6.61 Å². The normalized spacial score (nSPS) is 10.2. The molecule has 0 spiro atoms. The van der Waals surface area contributed by atoms with Crippen LogP contribution >= 0.6 is 0 Å². The standard InChI is InChI=1S/C22H17NO3.C2H6/c24-22(25)19-8-4-5-9-21(19)23-13-12-17-14-18(10-11-20(17)23)26-15-16-6-2-1-3-7-16;1-2/h1-14H,15H2,(H,24,25);1-2H3. The third kappa shape index (κ3) is 4.07. The van der Waals surface area contributed by atoms with Crippen molar-refractivity contribution in [2.75, 3.05) is 0 Å². The van der Waals surface area contributed by atoms with Crippen molar-refractivity contribution in [3.8, 4) is 11.4 Å². The average molecular weight is 373 g/mol. The largest absolute Gasteiger partial charge is 0.489 e. The van der Waals surface area contributed by atoms with Gasteiger partial charge in [0.15, 0.2) is 0 Å². The van der Waals surface area contributed by atoms with Gasteiger partial charge >= 0.3 is 5.97 Å². The predicted molar refractivity (Wildman–Crippen MR) is 112 cm³/mol. The zero-order valence-corrected chi connectivity index (χ0v) is 16.0. The molecule has 0 amide bonds. The number of fused-ring (bicyclic) bond motifs is 1. The van der Waals surface area contributed by atoms with Gasteiger partial charge in [0.2, 0.25) is 0 Å². The minimum Gasteiger partial charge on any atom is -0.489 e. The number of carboxylic acid groups (broad SMARTS) is 1. The number of rotatable bonds is 5. The van der Waals surface area contributed by atoms with Crippen LogP contribution in [0.15, 0.2) is 85.1 Å². The molecule has 0 saturated heterocycles. The third-order valence-electron chi connectivity index (χ3n) is 4.30. The van der Waals surface area contributed by atoms with Crippen LogP contribution in [0.25, 0.3) is 16.6 Å². The van der Waals surface area contributed by atoms with Crippen molar-refractivity contribution in [1.82, 2.24) is 4.57 Å². The number of carbonyl (C=O) groups is 1. The van der Waals surface area contributed by atoms with E-state index in [-0.39, 0.29) is 5.56 Å². The first-order chi connectivity index (χ1) is 13.7. The van der Waals surface area contributed by atoms with Gasteiger partial charge in [0.1, 0.15) is 12.4 Å². The van der Waals surface area contributed by atoms with Gasteiger partial charge in [-0.15, -0.1) is 0 Å². The second-order valence-corrected chi connectivity index (χ2v) is 6.00. The molecule has 0 aliphatic carbocycles. The number of hydrogen-bond donors (Lipinski definition) is 1. The van der Waals surface area contributed by atoms with E-state index in [1.165, 1.54) is 0 Å². The van der Waals surface area contributed by atoms with Crippen LogP contribution in [0.1, 0.15) is 29.8 Å². The lowest BCUT2D eigenvalue weighted by molar-refractivity contribution is 0.0697. The second kappa shape index (κ2) is 8.91. The molecule has 0 aliphatic rings. The molecule has 0 unspecified atom stereocenters. The lowest BCUT2D eigenvalue weighted by atomic mass is 10.1. The van der Waals surface area contributed by atoms with Crippen molar-refractivity contribution in [3.05, 3.63) is 96.2 Å². The van der Waals surface area contributed by atoms with E-state index in [9.17, 15) is 9.90 Å². The van der Waals surface area contributed by atoms with Crippen LogP contribution in [0.3, 0.4) is 0 Å². The highest BCUT2D eigenvalue weighted by molar-refractivity contribution is 5.93. The fourth-order valence-electron chi connectivity index (χ4n) is 3.03. The number of nitrogens with zero attached hydrogens (tertiary/aromatic N) is 1. The van der Waals surface area contributed by atoms with E-state index in [1.807, 2.05) is 91.3 Å². The van der Waals surface area contributed by atoms with Crippen LogP contribution in [-0.4, -0.2) is 15.6 Å². The second-order valence-electron chi connectivity index (χ2n) is 6.00. The molecular formula is C24H23NO3. The third-order valence-corrected chi connectivity index (χ3v) is 4.30. The first-order valence-corrected chi connectivity index (χ1v) is 9.33. The fraction of sp³-hybridized carbons (Fsp3) is 0.125. The number of carboxylic acids is 1.